The molecule has 1 aliphatic heterocycles. The summed E-state index contributed by atoms with van der Waals surface area (Å²) in [5.74, 6) is 0. The fourth-order valence-corrected chi connectivity index (χ4v) is 1.33. The van der Waals surface area contributed by atoms with Crippen molar-refractivity contribution in [2.24, 2.45) is 5.73 Å². The molecule has 1 saturated heterocycles. The average Bonchev–Trinajstić information content (AvgIpc) is 2.10. The van der Waals surface area contributed by atoms with Gasteiger partial charge in [0.25, 0.3) is 0 Å². The minimum atomic E-state index is -0.822. The molecule has 4 N–H and O–H groups in total. The number of aliphatic hydroxyl groups is 2. The predicted molar refractivity (Wildman–Crippen MR) is 46.0 cm³/mol. The van der Waals surface area contributed by atoms with Gasteiger partial charge in [-0.15, -0.1) is 0 Å². The summed E-state index contributed by atoms with van der Waals surface area (Å²) in [7, 11) is 0. The monoisotopic (exact) mass is 191 g/mol. The second-order valence-electron chi connectivity index (χ2n) is 3.22. The van der Waals surface area contributed by atoms with Crippen molar-refractivity contribution in [1.82, 2.24) is 0 Å². The lowest BCUT2D eigenvalue weighted by Gasteiger charge is -2.35. The highest BCUT2D eigenvalue weighted by atomic mass is 16.7. The number of hydrogen-bond donors (Lipinski definition) is 3. The molecule has 0 radical (unpaired) electrons. The molecule has 1 heterocycles. The lowest BCUT2D eigenvalue weighted by atomic mass is 10.0. The van der Waals surface area contributed by atoms with Crippen LogP contribution in [0.4, 0.5) is 0 Å². The quantitative estimate of drug-likeness (QED) is 0.523. The van der Waals surface area contributed by atoms with E-state index in [1.54, 1.807) is 6.92 Å². The molecule has 4 atom stereocenters. The van der Waals surface area contributed by atoms with Crippen molar-refractivity contribution < 1.29 is 19.7 Å². The number of rotatable bonds is 3. The summed E-state index contributed by atoms with van der Waals surface area (Å²) >= 11 is 0. The topological polar surface area (TPSA) is 84.9 Å². The van der Waals surface area contributed by atoms with Crippen LogP contribution in [0.3, 0.4) is 0 Å². The van der Waals surface area contributed by atoms with Crippen LogP contribution in [0.15, 0.2) is 0 Å². The van der Waals surface area contributed by atoms with Gasteiger partial charge in [-0.25, -0.2) is 0 Å². The minimum absolute atomic E-state index is 0.297. The highest BCUT2D eigenvalue weighted by Crippen LogP contribution is 2.20. The van der Waals surface area contributed by atoms with Crippen molar-refractivity contribution in [3.8, 4) is 0 Å². The van der Waals surface area contributed by atoms with E-state index in [2.05, 4.69) is 0 Å². The van der Waals surface area contributed by atoms with Gasteiger partial charge < -0.3 is 25.4 Å². The maximum absolute atomic E-state index is 9.38. The van der Waals surface area contributed by atoms with Crippen LogP contribution in [0.1, 0.15) is 13.3 Å². The molecule has 0 amide bonds. The zero-order valence-corrected chi connectivity index (χ0v) is 7.72. The van der Waals surface area contributed by atoms with Crippen LogP contribution in [0.5, 0.6) is 0 Å². The summed E-state index contributed by atoms with van der Waals surface area (Å²) in [6.45, 7) is 2.53. The van der Waals surface area contributed by atoms with Crippen molar-refractivity contribution in [3.05, 3.63) is 0 Å². The van der Waals surface area contributed by atoms with Crippen molar-refractivity contribution in [2.45, 2.75) is 37.9 Å². The second-order valence-corrected chi connectivity index (χ2v) is 3.22. The maximum atomic E-state index is 9.38. The summed E-state index contributed by atoms with van der Waals surface area (Å²) < 4.78 is 10.5. The molecule has 0 aromatic carbocycles. The number of hydrogen-bond acceptors (Lipinski definition) is 5. The molecular weight excluding hydrogens is 174 g/mol. The molecule has 78 valence electrons. The summed E-state index contributed by atoms with van der Waals surface area (Å²) in [6, 6.07) is 0. The van der Waals surface area contributed by atoms with Gasteiger partial charge in [0.05, 0.1) is 18.8 Å². The smallest absolute Gasteiger partial charge is 0.160 e. The molecule has 0 aromatic rings. The van der Waals surface area contributed by atoms with E-state index >= 15 is 0 Å². The largest absolute Gasteiger partial charge is 0.390 e. The molecule has 0 aromatic heterocycles. The Morgan fingerprint density at radius 1 is 1.54 bits per heavy atom. The Labute approximate surface area is 77.4 Å². The van der Waals surface area contributed by atoms with E-state index in [0.717, 1.165) is 0 Å². The summed E-state index contributed by atoms with van der Waals surface area (Å²) in [6.07, 6.45) is -2.14. The Bertz CT molecular complexity index is 143. The Morgan fingerprint density at radius 3 is 2.77 bits per heavy atom. The molecule has 5 nitrogen and oxygen atoms in total. The van der Waals surface area contributed by atoms with Gasteiger partial charge in [0.2, 0.25) is 0 Å². The Morgan fingerprint density at radius 2 is 2.23 bits per heavy atom. The average molecular weight is 191 g/mol. The first kappa shape index (κ1) is 10.9. The number of aliphatic hydroxyl groups excluding tert-OH is 2. The molecule has 1 unspecified atom stereocenters. The first-order chi connectivity index (χ1) is 6.15. The standard InChI is InChI=1S/C8H17NO4/c1-5-8(11)6(10)4-7(13-5)12-3-2-9/h5-8,10-11H,2-4,9H2,1H3/t5-,6-,7?,8+/m1/s1. The van der Waals surface area contributed by atoms with Crippen LogP contribution in [0, 0.1) is 0 Å². The minimum Gasteiger partial charge on any atom is -0.390 e. The summed E-state index contributed by atoms with van der Waals surface area (Å²) in [5, 5.41) is 18.7. The zero-order valence-electron chi connectivity index (χ0n) is 7.72. The highest BCUT2D eigenvalue weighted by molar-refractivity contribution is 4.79. The lowest BCUT2D eigenvalue weighted by Crippen LogP contribution is -2.47. The maximum Gasteiger partial charge on any atom is 0.160 e. The molecule has 1 aliphatic rings. The molecule has 1 fully saturated rings. The molecule has 0 saturated carbocycles. The molecule has 13 heavy (non-hydrogen) atoms. The van der Waals surface area contributed by atoms with Crippen molar-refractivity contribution >= 4 is 0 Å². The van der Waals surface area contributed by atoms with Gasteiger partial charge >= 0.3 is 0 Å². The van der Waals surface area contributed by atoms with E-state index < -0.39 is 24.6 Å². The van der Waals surface area contributed by atoms with Gasteiger partial charge in [-0.2, -0.15) is 0 Å². The van der Waals surface area contributed by atoms with Crippen LogP contribution in [0.2, 0.25) is 0 Å². The molecule has 0 aliphatic carbocycles. The predicted octanol–water partition coefficient (Wildman–Crippen LogP) is -1.18. The third-order valence-corrected chi connectivity index (χ3v) is 2.10. The Hall–Kier alpha value is -0.200. The fraction of sp³-hybridized carbons (Fsp3) is 1.00. The molecule has 0 spiro atoms. The fourth-order valence-electron chi connectivity index (χ4n) is 1.33. The third-order valence-electron chi connectivity index (χ3n) is 2.10. The third kappa shape index (κ3) is 2.89. The molecule has 1 rings (SSSR count). The van der Waals surface area contributed by atoms with Crippen molar-refractivity contribution in [3.63, 3.8) is 0 Å². The van der Waals surface area contributed by atoms with E-state index in [1.807, 2.05) is 0 Å². The second kappa shape index (κ2) is 4.88. The number of nitrogens with two attached hydrogens (primary N) is 1. The van der Waals surface area contributed by atoms with Crippen LogP contribution in [0.25, 0.3) is 0 Å². The molecule has 0 bridgehead atoms. The van der Waals surface area contributed by atoms with Gasteiger partial charge in [-0.1, -0.05) is 0 Å². The Kier molecular flexibility index (Phi) is 4.08. The summed E-state index contributed by atoms with van der Waals surface area (Å²) in [4.78, 5) is 0. The molecular formula is C8H17NO4. The summed E-state index contributed by atoms with van der Waals surface area (Å²) in [5.41, 5.74) is 5.25. The van der Waals surface area contributed by atoms with Crippen LogP contribution >= 0.6 is 0 Å². The first-order valence-corrected chi connectivity index (χ1v) is 4.48. The molecule has 5 heteroatoms. The van der Waals surface area contributed by atoms with Gasteiger partial charge in [-0.3, -0.25) is 0 Å². The van der Waals surface area contributed by atoms with Crippen LogP contribution in [-0.2, 0) is 9.47 Å². The van der Waals surface area contributed by atoms with Gasteiger partial charge in [0.1, 0.15) is 6.10 Å². The van der Waals surface area contributed by atoms with E-state index in [4.69, 9.17) is 15.2 Å². The van der Waals surface area contributed by atoms with Crippen molar-refractivity contribution in [1.29, 1.82) is 0 Å². The van der Waals surface area contributed by atoms with E-state index in [9.17, 15) is 10.2 Å². The van der Waals surface area contributed by atoms with E-state index in [-0.39, 0.29) is 0 Å². The zero-order chi connectivity index (χ0) is 9.84. The van der Waals surface area contributed by atoms with E-state index in [0.29, 0.717) is 19.6 Å². The normalized spacial score (nSPS) is 40.6. The van der Waals surface area contributed by atoms with Crippen molar-refractivity contribution in [2.75, 3.05) is 13.2 Å². The van der Waals surface area contributed by atoms with Crippen LogP contribution in [-0.4, -0.2) is 48.0 Å². The van der Waals surface area contributed by atoms with Gasteiger partial charge in [0.15, 0.2) is 6.29 Å². The van der Waals surface area contributed by atoms with Gasteiger partial charge in [0, 0.05) is 13.0 Å². The Balaban J connectivity index is 2.35. The van der Waals surface area contributed by atoms with Gasteiger partial charge in [-0.05, 0) is 6.92 Å². The highest BCUT2D eigenvalue weighted by Gasteiger charge is 2.34. The first-order valence-electron chi connectivity index (χ1n) is 4.48. The SMILES string of the molecule is C[C@H]1OC(OCCN)C[C@@H](O)[C@H]1O. The van der Waals surface area contributed by atoms with Crippen LogP contribution < -0.4 is 5.73 Å². The number of ether oxygens (including phenoxy) is 2. The van der Waals surface area contributed by atoms with E-state index in [1.165, 1.54) is 0 Å². The lowest BCUT2D eigenvalue weighted by molar-refractivity contribution is -0.244.